The number of carbonyl (C=O) groups is 1. The van der Waals surface area contributed by atoms with E-state index in [0.717, 1.165) is 16.6 Å². The summed E-state index contributed by atoms with van der Waals surface area (Å²) < 4.78 is 1.99. The van der Waals surface area contributed by atoms with Crippen molar-refractivity contribution < 1.29 is 9.90 Å². The molecule has 0 bridgehead atoms. The third kappa shape index (κ3) is 3.76. The molecule has 1 aromatic carbocycles. The number of nitrogens with two attached hydrogens (primary N) is 1. The maximum atomic E-state index is 12.7. The molecule has 1 aliphatic heterocycles. The maximum absolute atomic E-state index is 12.7. The van der Waals surface area contributed by atoms with Crippen LogP contribution in [0.2, 0.25) is 5.15 Å². The fourth-order valence-corrected chi connectivity index (χ4v) is 3.96. The average molecular weight is 399 g/mol. The van der Waals surface area contributed by atoms with Crippen LogP contribution in [0.4, 0.5) is 0 Å². The van der Waals surface area contributed by atoms with Crippen LogP contribution in [0, 0.1) is 0 Å². The van der Waals surface area contributed by atoms with Gasteiger partial charge in [0.15, 0.2) is 0 Å². The first kappa shape index (κ1) is 18.9. The summed E-state index contributed by atoms with van der Waals surface area (Å²) in [7, 11) is 0. The zero-order valence-electron chi connectivity index (χ0n) is 15.5. The molecule has 3 N–H and O–H groups in total. The lowest BCUT2D eigenvalue weighted by Gasteiger charge is -2.39. The van der Waals surface area contributed by atoms with Crippen LogP contribution in [0.1, 0.15) is 24.4 Å². The van der Waals surface area contributed by atoms with E-state index >= 15 is 0 Å². The largest absolute Gasteiger partial charge is 0.388 e. The zero-order valence-corrected chi connectivity index (χ0v) is 16.2. The summed E-state index contributed by atoms with van der Waals surface area (Å²) in [6.45, 7) is 1.42. The van der Waals surface area contributed by atoms with Crippen molar-refractivity contribution in [1.29, 1.82) is 0 Å². The van der Waals surface area contributed by atoms with Crippen LogP contribution < -0.4 is 5.73 Å². The quantitative estimate of drug-likeness (QED) is 0.662. The van der Waals surface area contributed by atoms with Gasteiger partial charge in [0, 0.05) is 19.3 Å². The van der Waals surface area contributed by atoms with Gasteiger partial charge >= 0.3 is 0 Å². The Balaban J connectivity index is 1.42. The molecule has 28 heavy (non-hydrogen) atoms. The predicted octanol–water partition coefficient (Wildman–Crippen LogP) is 2.74. The number of nitrogens with zero attached hydrogens (tertiary/aromatic N) is 3. The maximum Gasteiger partial charge on any atom is 0.244 e. The normalized spacial score (nSPS) is 17.6. The Morgan fingerprint density at radius 2 is 1.89 bits per heavy atom. The van der Waals surface area contributed by atoms with E-state index in [4.69, 9.17) is 17.3 Å². The fraction of sp³-hybridized carbons (Fsp3) is 0.333. The third-order valence-corrected chi connectivity index (χ3v) is 5.70. The summed E-state index contributed by atoms with van der Waals surface area (Å²) in [6.07, 6.45) is 2.91. The molecule has 146 valence electrons. The molecule has 0 aliphatic carbocycles. The topological polar surface area (TPSA) is 84.4 Å². The van der Waals surface area contributed by atoms with Gasteiger partial charge in [-0.15, -0.1) is 0 Å². The van der Waals surface area contributed by atoms with Gasteiger partial charge in [-0.1, -0.05) is 41.9 Å². The molecule has 3 heterocycles. The van der Waals surface area contributed by atoms with Gasteiger partial charge in [-0.25, -0.2) is 4.98 Å². The monoisotopic (exact) mass is 398 g/mol. The molecule has 6 nitrogen and oxygen atoms in total. The number of halogens is 1. The van der Waals surface area contributed by atoms with Crippen molar-refractivity contribution in [3.63, 3.8) is 0 Å². The van der Waals surface area contributed by atoms with E-state index in [0.29, 0.717) is 37.6 Å². The lowest BCUT2D eigenvalue weighted by molar-refractivity contribution is -0.137. The minimum atomic E-state index is -0.876. The van der Waals surface area contributed by atoms with Gasteiger partial charge in [-0.3, -0.25) is 4.79 Å². The highest BCUT2D eigenvalue weighted by molar-refractivity contribution is 6.29. The summed E-state index contributed by atoms with van der Waals surface area (Å²) >= 11 is 5.95. The number of benzene rings is 1. The Hall–Kier alpha value is -2.41. The molecule has 0 radical (unpaired) electrons. The van der Waals surface area contributed by atoms with Gasteiger partial charge in [-0.2, -0.15) is 0 Å². The molecule has 1 saturated heterocycles. The predicted molar refractivity (Wildman–Crippen MR) is 109 cm³/mol. The van der Waals surface area contributed by atoms with E-state index < -0.39 is 11.6 Å². The molecule has 0 spiro atoms. The van der Waals surface area contributed by atoms with Crippen molar-refractivity contribution in [3.8, 4) is 0 Å². The number of hydrogen-bond donors (Lipinski definition) is 2. The second-order valence-corrected chi connectivity index (χ2v) is 7.81. The molecular weight excluding hydrogens is 376 g/mol. The van der Waals surface area contributed by atoms with Gasteiger partial charge in [0.2, 0.25) is 5.91 Å². The van der Waals surface area contributed by atoms with Crippen LogP contribution in [0.5, 0.6) is 0 Å². The van der Waals surface area contributed by atoms with Gasteiger partial charge in [-0.05, 0) is 36.6 Å². The molecule has 3 aromatic rings. The Kier molecular flexibility index (Phi) is 5.10. The first-order chi connectivity index (χ1) is 13.5. The molecule has 1 atom stereocenters. The number of likely N-dealkylation sites (tertiary alicyclic amines) is 1. The highest BCUT2D eigenvalue weighted by Gasteiger charge is 2.35. The van der Waals surface area contributed by atoms with E-state index in [9.17, 15) is 9.90 Å². The Bertz CT molecular complexity index is 980. The first-order valence-corrected chi connectivity index (χ1v) is 9.76. The molecule has 1 aliphatic rings. The molecule has 2 aromatic heterocycles. The Morgan fingerprint density at radius 1 is 1.18 bits per heavy atom. The summed E-state index contributed by atoms with van der Waals surface area (Å²) in [5.74, 6) is -0.0986. The van der Waals surface area contributed by atoms with E-state index in [2.05, 4.69) is 4.98 Å². The zero-order chi connectivity index (χ0) is 19.7. The van der Waals surface area contributed by atoms with Crippen molar-refractivity contribution >= 4 is 28.5 Å². The summed E-state index contributed by atoms with van der Waals surface area (Å²) in [5, 5.41) is 11.5. The van der Waals surface area contributed by atoms with Gasteiger partial charge in [0.05, 0.1) is 23.2 Å². The number of carbonyl (C=O) groups excluding carboxylic acids is 1. The van der Waals surface area contributed by atoms with Crippen LogP contribution >= 0.6 is 11.6 Å². The number of hydrogen-bond acceptors (Lipinski definition) is 4. The van der Waals surface area contributed by atoms with Crippen LogP contribution in [0.15, 0.2) is 54.7 Å². The number of rotatable bonds is 4. The van der Waals surface area contributed by atoms with Gasteiger partial charge in [0.25, 0.3) is 0 Å². The van der Waals surface area contributed by atoms with Crippen molar-refractivity contribution in [3.05, 3.63) is 65.4 Å². The summed E-state index contributed by atoms with van der Waals surface area (Å²) in [6, 6.07) is 14.2. The molecule has 1 fully saturated rings. The van der Waals surface area contributed by atoms with Gasteiger partial charge < -0.3 is 20.3 Å². The number of amides is 1. The lowest BCUT2D eigenvalue weighted by atomic mass is 9.90. The fourth-order valence-electron chi connectivity index (χ4n) is 3.81. The van der Waals surface area contributed by atoms with E-state index in [-0.39, 0.29) is 5.91 Å². The number of piperidine rings is 1. The second-order valence-electron chi connectivity index (χ2n) is 7.42. The Labute approximate surface area is 168 Å². The van der Waals surface area contributed by atoms with E-state index in [1.54, 1.807) is 11.0 Å². The molecule has 7 heteroatoms. The van der Waals surface area contributed by atoms with E-state index in [1.165, 1.54) is 0 Å². The molecule has 1 amide bonds. The first-order valence-electron chi connectivity index (χ1n) is 9.38. The van der Waals surface area contributed by atoms with Crippen molar-refractivity contribution in [2.75, 3.05) is 13.1 Å². The van der Waals surface area contributed by atoms with Gasteiger partial charge in [0.1, 0.15) is 11.2 Å². The summed E-state index contributed by atoms with van der Waals surface area (Å²) in [5.41, 5.74) is 7.81. The Morgan fingerprint density at radius 3 is 2.61 bits per heavy atom. The van der Waals surface area contributed by atoms with Crippen molar-refractivity contribution in [1.82, 2.24) is 14.5 Å². The highest BCUT2D eigenvalue weighted by atomic mass is 35.5. The minimum Gasteiger partial charge on any atom is -0.388 e. The SMILES string of the molecule is NC(C(=O)N1CCC(O)(Cn2ccc3nc(Cl)ccc32)CC1)c1ccccc1. The average Bonchev–Trinajstić information content (AvgIpc) is 3.09. The number of aromatic nitrogens is 2. The number of pyridine rings is 1. The van der Waals surface area contributed by atoms with Crippen LogP contribution in [0.25, 0.3) is 11.0 Å². The van der Waals surface area contributed by atoms with Crippen LogP contribution in [-0.2, 0) is 11.3 Å². The molecular formula is C21H23ClN4O2. The van der Waals surface area contributed by atoms with Crippen LogP contribution in [0.3, 0.4) is 0 Å². The minimum absolute atomic E-state index is 0.0986. The number of fused-ring (bicyclic) bond motifs is 1. The van der Waals surface area contributed by atoms with E-state index in [1.807, 2.05) is 53.2 Å². The third-order valence-electron chi connectivity index (χ3n) is 5.49. The smallest absolute Gasteiger partial charge is 0.244 e. The van der Waals surface area contributed by atoms with Crippen LogP contribution in [-0.4, -0.2) is 44.2 Å². The lowest BCUT2D eigenvalue weighted by Crippen LogP contribution is -2.50. The van der Waals surface area contributed by atoms with Crippen molar-refractivity contribution in [2.24, 2.45) is 5.73 Å². The second kappa shape index (κ2) is 7.54. The molecule has 4 rings (SSSR count). The highest BCUT2D eigenvalue weighted by Crippen LogP contribution is 2.28. The standard InChI is InChI=1S/C21H23ClN4O2/c22-18-7-6-17-16(24-18)8-11-26(17)14-21(28)9-12-25(13-10-21)20(27)19(23)15-4-2-1-3-5-15/h1-8,11,19,28H,9-10,12-14,23H2. The number of aliphatic hydroxyl groups is 1. The molecule has 0 saturated carbocycles. The summed E-state index contributed by atoms with van der Waals surface area (Å²) in [4.78, 5) is 18.8. The molecule has 1 unspecified atom stereocenters. The van der Waals surface area contributed by atoms with Crippen molar-refractivity contribution in [2.45, 2.75) is 31.0 Å².